The fraction of sp³-hybridized carbons (Fsp3) is 0.429. The molecule has 0 unspecified atom stereocenters. The lowest BCUT2D eigenvalue weighted by Crippen LogP contribution is -2.42. The van der Waals surface area contributed by atoms with Crippen molar-refractivity contribution in [2.24, 2.45) is 0 Å². The number of rotatable bonds is 4. The predicted octanol–water partition coefficient (Wildman–Crippen LogP) is 0.0617. The molecule has 0 aliphatic carbocycles. The van der Waals surface area contributed by atoms with Gasteiger partial charge >= 0.3 is 5.97 Å². The number of thiol groups is 1. The molecule has 0 spiro atoms. The van der Waals surface area contributed by atoms with Gasteiger partial charge in [-0.15, -0.1) is 0 Å². The SMILES string of the molecule is C=C(C)C(=O)N[C@H](CS)C(=O)O. The second-order valence-electron chi connectivity index (χ2n) is 2.33. The molecule has 0 saturated carbocycles. The molecule has 0 aromatic rings. The Labute approximate surface area is 76.1 Å². The van der Waals surface area contributed by atoms with Gasteiger partial charge in [-0.3, -0.25) is 4.79 Å². The normalized spacial score (nSPS) is 11.8. The minimum Gasteiger partial charge on any atom is -0.480 e. The number of amides is 1. The maximum atomic E-state index is 10.9. The third-order valence-electron chi connectivity index (χ3n) is 1.17. The van der Waals surface area contributed by atoms with Gasteiger partial charge in [0.25, 0.3) is 0 Å². The topological polar surface area (TPSA) is 66.4 Å². The van der Waals surface area contributed by atoms with Gasteiger partial charge < -0.3 is 10.4 Å². The molecule has 0 aromatic carbocycles. The van der Waals surface area contributed by atoms with Crippen molar-refractivity contribution >= 4 is 24.5 Å². The van der Waals surface area contributed by atoms with E-state index >= 15 is 0 Å². The van der Waals surface area contributed by atoms with E-state index in [1.54, 1.807) is 0 Å². The van der Waals surface area contributed by atoms with Crippen molar-refractivity contribution < 1.29 is 14.7 Å². The van der Waals surface area contributed by atoms with Gasteiger partial charge in [0.1, 0.15) is 6.04 Å². The van der Waals surface area contributed by atoms with Crippen LogP contribution in [0.3, 0.4) is 0 Å². The molecule has 1 amide bonds. The van der Waals surface area contributed by atoms with E-state index in [0.29, 0.717) is 0 Å². The highest BCUT2D eigenvalue weighted by Gasteiger charge is 2.17. The van der Waals surface area contributed by atoms with E-state index in [4.69, 9.17) is 5.11 Å². The zero-order valence-corrected chi connectivity index (χ0v) is 7.60. The summed E-state index contributed by atoms with van der Waals surface area (Å²) >= 11 is 3.77. The quantitative estimate of drug-likeness (QED) is 0.433. The average molecular weight is 189 g/mol. The largest absolute Gasteiger partial charge is 0.480 e. The molecule has 0 heterocycles. The maximum Gasteiger partial charge on any atom is 0.327 e. The van der Waals surface area contributed by atoms with Crippen molar-refractivity contribution in [3.05, 3.63) is 12.2 Å². The summed E-state index contributed by atoms with van der Waals surface area (Å²) in [4.78, 5) is 21.3. The summed E-state index contributed by atoms with van der Waals surface area (Å²) in [6, 6.07) is -0.947. The van der Waals surface area contributed by atoms with E-state index in [9.17, 15) is 9.59 Å². The third-order valence-corrected chi connectivity index (χ3v) is 1.54. The Bertz CT molecular complexity index is 215. The Morgan fingerprint density at radius 1 is 1.67 bits per heavy atom. The summed E-state index contributed by atoms with van der Waals surface area (Å²) in [5.41, 5.74) is 0.281. The fourth-order valence-corrected chi connectivity index (χ4v) is 0.714. The zero-order chi connectivity index (χ0) is 9.72. The first-order valence-electron chi connectivity index (χ1n) is 3.29. The molecule has 0 saturated heterocycles. The van der Waals surface area contributed by atoms with Crippen LogP contribution in [0.1, 0.15) is 6.92 Å². The highest BCUT2D eigenvalue weighted by Crippen LogP contribution is 1.92. The van der Waals surface area contributed by atoms with Gasteiger partial charge in [-0.2, -0.15) is 12.6 Å². The Morgan fingerprint density at radius 3 is 2.42 bits per heavy atom. The molecule has 0 aliphatic rings. The zero-order valence-electron chi connectivity index (χ0n) is 6.70. The van der Waals surface area contributed by atoms with Crippen LogP contribution in [0.4, 0.5) is 0 Å². The van der Waals surface area contributed by atoms with Crippen molar-refractivity contribution in [1.82, 2.24) is 5.32 Å². The van der Waals surface area contributed by atoms with Crippen molar-refractivity contribution in [2.75, 3.05) is 5.75 Å². The lowest BCUT2D eigenvalue weighted by Gasteiger charge is -2.10. The average Bonchev–Trinajstić information content (AvgIpc) is 1.98. The van der Waals surface area contributed by atoms with E-state index in [1.165, 1.54) is 6.92 Å². The second-order valence-corrected chi connectivity index (χ2v) is 2.69. The Hall–Kier alpha value is -0.970. The van der Waals surface area contributed by atoms with Crippen LogP contribution < -0.4 is 5.32 Å². The van der Waals surface area contributed by atoms with Gasteiger partial charge in [-0.1, -0.05) is 6.58 Å². The number of hydrogen-bond donors (Lipinski definition) is 3. The van der Waals surface area contributed by atoms with E-state index < -0.39 is 17.9 Å². The molecular formula is C7H11NO3S. The lowest BCUT2D eigenvalue weighted by molar-refractivity contribution is -0.140. The van der Waals surface area contributed by atoms with Crippen LogP contribution in [0.25, 0.3) is 0 Å². The molecule has 68 valence electrons. The molecular weight excluding hydrogens is 178 g/mol. The number of carbonyl (C=O) groups excluding carboxylic acids is 1. The van der Waals surface area contributed by atoms with Crippen LogP contribution in [0.15, 0.2) is 12.2 Å². The summed E-state index contributed by atoms with van der Waals surface area (Å²) in [7, 11) is 0. The van der Waals surface area contributed by atoms with Crippen LogP contribution in [-0.2, 0) is 9.59 Å². The van der Waals surface area contributed by atoms with Crippen LogP contribution in [0.5, 0.6) is 0 Å². The van der Waals surface area contributed by atoms with Gasteiger partial charge in [0.05, 0.1) is 0 Å². The summed E-state index contributed by atoms with van der Waals surface area (Å²) in [5.74, 6) is -1.50. The Balaban J connectivity index is 4.12. The maximum absolute atomic E-state index is 10.9. The highest BCUT2D eigenvalue weighted by atomic mass is 32.1. The monoisotopic (exact) mass is 189 g/mol. The molecule has 0 rings (SSSR count). The summed E-state index contributed by atoms with van der Waals surface area (Å²) in [6.07, 6.45) is 0. The van der Waals surface area contributed by atoms with Crippen LogP contribution in [-0.4, -0.2) is 28.8 Å². The molecule has 4 nitrogen and oxygen atoms in total. The predicted molar refractivity (Wildman–Crippen MR) is 48.2 cm³/mol. The molecule has 0 fully saturated rings. The number of hydrogen-bond acceptors (Lipinski definition) is 3. The lowest BCUT2D eigenvalue weighted by atomic mass is 10.3. The van der Waals surface area contributed by atoms with Gasteiger partial charge in [-0.25, -0.2) is 4.79 Å². The Morgan fingerprint density at radius 2 is 2.17 bits per heavy atom. The molecule has 0 aromatic heterocycles. The van der Waals surface area contributed by atoms with E-state index in [1.807, 2.05) is 0 Å². The highest BCUT2D eigenvalue weighted by molar-refractivity contribution is 7.80. The molecule has 2 N–H and O–H groups in total. The minimum absolute atomic E-state index is 0.0638. The minimum atomic E-state index is -1.10. The smallest absolute Gasteiger partial charge is 0.327 e. The third kappa shape index (κ3) is 3.43. The van der Waals surface area contributed by atoms with E-state index in [0.717, 1.165) is 0 Å². The number of carbonyl (C=O) groups is 2. The van der Waals surface area contributed by atoms with E-state index in [-0.39, 0.29) is 11.3 Å². The Kier molecular flexibility index (Phi) is 4.43. The summed E-state index contributed by atoms with van der Waals surface area (Å²) < 4.78 is 0. The summed E-state index contributed by atoms with van der Waals surface area (Å²) in [6.45, 7) is 4.88. The standard InChI is InChI=1S/C7H11NO3S/c1-4(2)6(9)8-5(3-12)7(10)11/h5,12H,1,3H2,2H3,(H,8,9)(H,10,11)/t5-/m1/s1. The fourth-order valence-electron chi connectivity index (χ4n) is 0.467. The van der Waals surface area contributed by atoms with Gasteiger partial charge in [0.15, 0.2) is 0 Å². The van der Waals surface area contributed by atoms with Crippen LogP contribution in [0.2, 0.25) is 0 Å². The second kappa shape index (κ2) is 4.82. The first kappa shape index (κ1) is 11.0. The molecule has 0 aliphatic heterocycles. The first-order valence-corrected chi connectivity index (χ1v) is 3.92. The van der Waals surface area contributed by atoms with Crippen LogP contribution in [0, 0.1) is 0 Å². The van der Waals surface area contributed by atoms with Crippen molar-refractivity contribution in [1.29, 1.82) is 0 Å². The first-order chi connectivity index (χ1) is 5.49. The number of aliphatic carboxylic acids is 1. The number of nitrogens with one attached hydrogen (secondary N) is 1. The van der Waals surface area contributed by atoms with Gasteiger partial charge in [0.2, 0.25) is 5.91 Å². The summed E-state index contributed by atoms with van der Waals surface area (Å²) in [5, 5.41) is 10.8. The molecule has 0 bridgehead atoms. The number of carboxylic acid groups (broad SMARTS) is 1. The van der Waals surface area contributed by atoms with Crippen LogP contribution >= 0.6 is 12.6 Å². The van der Waals surface area contributed by atoms with Gasteiger partial charge in [-0.05, 0) is 6.92 Å². The molecule has 0 radical (unpaired) electrons. The van der Waals surface area contributed by atoms with Crippen molar-refractivity contribution in [3.63, 3.8) is 0 Å². The number of carboxylic acids is 1. The van der Waals surface area contributed by atoms with Gasteiger partial charge in [0, 0.05) is 11.3 Å². The van der Waals surface area contributed by atoms with Crippen molar-refractivity contribution in [2.45, 2.75) is 13.0 Å². The molecule has 12 heavy (non-hydrogen) atoms. The van der Waals surface area contributed by atoms with Crippen molar-refractivity contribution in [3.8, 4) is 0 Å². The van der Waals surface area contributed by atoms with E-state index in [2.05, 4.69) is 24.5 Å². The molecule has 5 heteroatoms. The molecule has 1 atom stereocenters.